The van der Waals surface area contributed by atoms with Gasteiger partial charge < -0.3 is 24.7 Å². The van der Waals surface area contributed by atoms with Crippen LogP contribution in [0.4, 0.5) is 0 Å². The second-order valence-electron chi connectivity index (χ2n) is 6.28. The Bertz CT molecular complexity index is 365. The summed E-state index contributed by atoms with van der Waals surface area (Å²) in [5.74, 6) is -3.41. The number of carbonyl (C=O) groups excluding carboxylic acids is 3. The van der Waals surface area contributed by atoms with Crippen molar-refractivity contribution in [3.05, 3.63) is 0 Å². The van der Waals surface area contributed by atoms with E-state index in [9.17, 15) is 24.6 Å². The first-order valence-electron chi connectivity index (χ1n) is 9.14. The van der Waals surface area contributed by atoms with E-state index in [1.807, 2.05) is 0 Å². The van der Waals surface area contributed by atoms with Crippen molar-refractivity contribution in [1.29, 1.82) is 0 Å². The molecule has 0 aromatic carbocycles. The fraction of sp³-hybridized carbons (Fsp3) is 0.833. The van der Waals surface area contributed by atoms with E-state index in [0.717, 1.165) is 24.2 Å². The number of aliphatic carboxylic acids is 2. The Morgan fingerprint density at radius 2 is 1.00 bits per heavy atom. The number of carboxylic acid groups (broad SMARTS) is 2. The first-order chi connectivity index (χ1) is 11.5. The number of amides is 1. The molecule has 0 radical (unpaired) electrons. The SMILES string of the molecule is CCCCCCCCCCCCCC(=O)N(CC(=O)[O-])CC(=O)[O-].[Na+].[Na+]. The summed E-state index contributed by atoms with van der Waals surface area (Å²) in [6.07, 6.45) is 12.9. The van der Waals surface area contributed by atoms with Crippen molar-refractivity contribution < 1.29 is 83.7 Å². The van der Waals surface area contributed by atoms with Gasteiger partial charge in [0.2, 0.25) is 5.91 Å². The molecule has 0 saturated heterocycles. The predicted molar refractivity (Wildman–Crippen MR) is 87.7 cm³/mol. The van der Waals surface area contributed by atoms with Crippen LogP contribution in [0.25, 0.3) is 0 Å². The van der Waals surface area contributed by atoms with Gasteiger partial charge in [0.25, 0.3) is 0 Å². The molecule has 0 aliphatic heterocycles. The molecule has 140 valence electrons. The molecule has 0 aliphatic rings. The van der Waals surface area contributed by atoms with Crippen molar-refractivity contribution in [3.8, 4) is 0 Å². The minimum Gasteiger partial charge on any atom is -0.548 e. The van der Waals surface area contributed by atoms with Gasteiger partial charge >= 0.3 is 59.1 Å². The first-order valence-corrected chi connectivity index (χ1v) is 9.14. The van der Waals surface area contributed by atoms with Gasteiger partial charge in [-0.3, -0.25) is 4.79 Å². The van der Waals surface area contributed by atoms with Gasteiger partial charge in [0, 0.05) is 6.42 Å². The molecule has 0 bridgehead atoms. The first kappa shape index (κ1) is 31.1. The molecule has 0 heterocycles. The van der Waals surface area contributed by atoms with Crippen LogP contribution < -0.4 is 69.3 Å². The average Bonchev–Trinajstić information content (AvgIpc) is 2.50. The van der Waals surface area contributed by atoms with Gasteiger partial charge in [-0.2, -0.15) is 0 Å². The van der Waals surface area contributed by atoms with Crippen molar-refractivity contribution in [2.24, 2.45) is 0 Å². The Morgan fingerprint density at radius 3 is 1.35 bits per heavy atom. The Labute approximate surface area is 202 Å². The van der Waals surface area contributed by atoms with E-state index in [1.165, 1.54) is 44.9 Å². The molecular formula is C18H31NNa2O5. The molecule has 0 fully saturated rings. The fourth-order valence-corrected chi connectivity index (χ4v) is 2.64. The Balaban J connectivity index is -0.00000264. The summed E-state index contributed by atoms with van der Waals surface area (Å²) in [5, 5.41) is 21.1. The third-order valence-electron chi connectivity index (χ3n) is 3.99. The maximum atomic E-state index is 11.8. The van der Waals surface area contributed by atoms with Crippen LogP contribution in [0.15, 0.2) is 0 Å². The molecule has 0 aromatic rings. The number of unbranched alkanes of at least 4 members (excludes halogenated alkanes) is 10. The zero-order valence-corrected chi connectivity index (χ0v) is 20.9. The Kier molecular flexibility index (Phi) is 26.0. The number of hydrogen-bond acceptors (Lipinski definition) is 5. The zero-order chi connectivity index (χ0) is 18.2. The second-order valence-corrected chi connectivity index (χ2v) is 6.28. The molecule has 26 heavy (non-hydrogen) atoms. The van der Waals surface area contributed by atoms with Crippen LogP contribution >= 0.6 is 0 Å². The second kappa shape index (κ2) is 21.7. The predicted octanol–water partition coefficient (Wildman–Crippen LogP) is -4.98. The third-order valence-corrected chi connectivity index (χ3v) is 3.99. The molecule has 0 rings (SSSR count). The van der Waals surface area contributed by atoms with E-state index in [0.29, 0.717) is 6.42 Å². The zero-order valence-electron chi connectivity index (χ0n) is 16.9. The summed E-state index contributed by atoms with van der Waals surface area (Å²) >= 11 is 0. The molecule has 1 amide bonds. The van der Waals surface area contributed by atoms with E-state index >= 15 is 0 Å². The molecule has 6 nitrogen and oxygen atoms in total. The van der Waals surface area contributed by atoms with Crippen LogP contribution in [-0.4, -0.2) is 35.8 Å². The summed E-state index contributed by atoms with van der Waals surface area (Å²) in [6.45, 7) is 0.802. The number of hydrogen-bond donors (Lipinski definition) is 0. The summed E-state index contributed by atoms with van der Waals surface area (Å²) < 4.78 is 0. The molecule has 0 spiro atoms. The quantitative estimate of drug-likeness (QED) is 0.195. The number of carbonyl (C=O) groups is 3. The monoisotopic (exact) mass is 387 g/mol. The molecule has 0 aliphatic carbocycles. The van der Waals surface area contributed by atoms with Gasteiger partial charge in [-0.25, -0.2) is 0 Å². The van der Waals surface area contributed by atoms with Gasteiger partial charge in [0.05, 0.1) is 25.0 Å². The van der Waals surface area contributed by atoms with Gasteiger partial charge in [-0.1, -0.05) is 71.1 Å². The Morgan fingerprint density at radius 1 is 0.654 bits per heavy atom. The minimum absolute atomic E-state index is 0. The van der Waals surface area contributed by atoms with Crippen molar-refractivity contribution in [3.63, 3.8) is 0 Å². The molecule has 0 unspecified atom stereocenters. The summed E-state index contributed by atoms with van der Waals surface area (Å²) in [7, 11) is 0. The van der Waals surface area contributed by atoms with E-state index in [-0.39, 0.29) is 65.5 Å². The average molecular weight is 387 g/mol. The van der Waals surface area contributed by atoms with Crippen LogP contribution in [-0.2, 0) is 14.4 Å². The van der Waals surface area contributed by atoms with Gasteiger partial charge in [0.1, 0.15) is 0 Å². The third kappa shape index (κ3) is 20.7. The van der Waals surface area contributed by atoms with Crippen molar-refractivity contribution in [1.82, 2.24) is 4.90 Å². The Hall–Kier alpha value is 0.410. The molecule has 0 aromatic heterocycles. The summed E-state index contributed by atoms with van der Waals surface area (Å²) in [4.78, 5) is 33.7. The van der Waals surface area contributed by atoms with Gasteiger partial charge in [-0.05, 0) is 6.42 Å². The molecule has 0 N–H and O–H groups in total. The van der Waals surface area contributed by atoms with E-state index in [2.05, 4.69) is 6.92 Å². The summed E-state index contributed by atoms with van der Waals surface area (Å²) in [5.41, 5.74) is 0. The van der Waals surface area contributed by atoms with Crippen LogP contribution in [0.1, 0.15) is 84.0 Å². The van der Waals surface area contributed by atoms with E-state index in [1.54, 1.807) is 0 Å². The van der Waals surface area contributed by atoms with Crippen LogP contribution in [0.5, 0.6) is 0 Å². The van der Waals surface area contributed by atoms with Crippen LogP contribution in [0.2, 0.25) is 0 Å². The smallest absolute Gasteiger partial charge is 0.548 e. The largest absolute Gasteiger partial charge is 1.00 e. The van der Waals surface area contributed by atoms with Crippen molar-refractivity contribution in [2.45, 2.75) is 84.0 Å². The van der Waals surface area contributed by atoms with Gasteiger partial charge in [-0.15, -0.1) is 0 Å². The molecular weight excluding hydrogens is 356 g/mol. The number of rotatable bonds is 16. The minimum atomic E-state index is -1.47. The number of carboxylic acids is 2. The van der Waals surface area contributed by atoms with E-state index < -0.39 is 30.9 Å². The molecule has 0 atom stereocenters. The molecule has 8 heteroatoms. The number of nitrogens with zero attached hydrogens (tertiary/aromatic N) is 1. The maximum Gasteiger partial charge on any atom is 1.00 e. The van der Waals surface area contributed by atoms with Crippen molar-refractivity contribution in [2.75, 3.05) is 13.1 Å². The van der Waals surface area contributed by atoms with Crippen molar-refractivity contribution >= 4 is 17.8 Å². The summed E-state index contributed by atoms with van der Waals surface area (Å²) in [6, 6.07) is 0. The molecule has 0 saturated carbocycles. The van der Waals surface area contributed by atoms with E-state index in [4.69, 9.17) is 0 Å². The standard InChI is InChI=1S/C18H33NO5.2Na/c1-2-3-4-5-6-7-8-9-10-11-12-13-16(20)19(14-17(21)22)15-18(23)24;;/h2-15H2,1H3,(H,21,22)(H,23,24);;/q;2*+1/p-2. The maximum absolute atomic E-state index is 11.8. The van der Waals surface area contributed by atoms with Crippen LogP contribution in [0, 0.1) is 0 Å². The fourth-order valence-electron chi connectivity index (χ4n) is 2.64. The topological polar surface area (TPSA) is 101 Å². The normalized spacial score (nSPS) is 9.73. The van der Waals surface area contributed by atoms with Gasteiger partial charge in [0.15, 0.2) is 0 Å². The van der Waals surface area contributed by atoms with Crippen LogP contribution in [0.3, 0.4) is 0 Å².